The minimum Gasteiger partial charge on any atom is -0.396 e. The predicted molar refractivity (Wildman–Crippen MR) is 51.9 cm³/mol. The van der Waals surface area contributed by atoms with Gasteiger partial charge < -0.3 is 15.7 Å². The summed E-state index contributed by atoms with van der Waals surface area (Å²) in [5.74, 6) is -0.150. The normalized spacial score (nSPS) is 12.3. The van der Waals surface area contributed by atoms with Crippen molar-refractivity contribution in [1.29, 1.82) is 0 Å². The zero-order valence-corrected chi connectivity index (χ0v) is 8.29. The molecule has 0 aliphatic rings. The summed E-state index contributed by atoms with van der Waals surface area (Å²) in [7, 11) is 1.61. The second-order valence-electron chi connectivity index (χ2n) is 2.95. The van der Waals surface area contributed by atoms with Crippen molar-refractivity contribution < 1.29 is 9.90 Å². The van der Waals surface area contributed by atoms with Crippen molar-refractivity contribution in [1.82, 2.24) is 4.90 Å². The molecule has 0 radical (unpaired) electrons. The van der Waals surface area contributed by atoms with Crippen LogP contribution in [0.5, 0.6) is 0 Å². The molecular weight excluding hydrogens is 168 g/mol. The van der Waals surface area contributed by atoms with Crippen LogP contribution < -0.4 is 5.73 Å². The fourth-order valence-electron chi connectivity index (χ4n) is 0.877. The topological polar surface area (TPSA) is 66.6 Å². The van der Waals surface area contributed by atoms with Crippen molar-refractivity contribution in [2.45, 2.75) is 25.9 Å². The Morgan fingerprint density at radius 3 is 2.62 bits per heavy atom. The van der Waals surface area contributed by atoms with Crippen molar-refractivity contribution in [2.75, 3.05) is 13.7 Å². The number of nitrogens with two attached hydrogens (primary N) is 1. The van der Waals surface area contributed by atoms with Crippen LogP contribution in [0.3, 0.4) is 0 Å². The van der Waals surface area contributed by atoms with Gasteiger partial charge in [0, 0.05) is 25.6 Å². The molecule has 1 atom stereocenters. The Balaban J connectivity index is 4.16. The highest BCUT2D eigenvalue weighted by molar-refractivity contribution is 5.92. The maximum atomic E-state index is 11.5. The van der Waals surface area contributed by atoms with Gasteiger partial charge >= 0.3 is 0 Å². The standard InChI is InChI=1S/C9H18N2O2/c1-4-7(2)9(13)11(3)8(10)5-6-12/h8,12H,2,4-6,10H2,1,3H3. The van der Waals surface area contributed by atoms with E-state index in [0.717, 1.165) is 0 Å². The van der Waals surface area contributed by atoms with Crippen LogP contribution in [0.15, 0.2) is 12.2 Å². The maximum Gasteiger partial charge on any atom is 0.250 e. The molecule has 0 heterocycles. The molecule has 0 spiro atoms. The van der Waals surface area contributed by atoms with Crippen molar-refractivity contribution in [2.24, 2.45) is 5.73 Å². The van der Waals surface area contributed by atoms with E-state index in [9.17, 15) is 4.79 Å². The van der Waals surface area contributed by atoms with Gasteiger partial charge in [-0.05, 0) is 6.42 Å². The number of amides is 1. The molecule has 0 aromatic heterocycles. The average Bonchev–Trinajstić information content (AvgIpc) is 2.14. The summed E-state index contributed by atoms with van der Waals surface area (Å²) in [6, 6.07) is 0. The van der Waals surface area contributed by atoms with Crippen LogP contribution in [0.2, 0.25) is 0 Å². The minimum atomic E-state index is -0.430. The van der Waals surface area contributed by atoms with Gasteiger partial charge in [-0.3, -0.25) is 4.79 Å². The molecule has 13 heavy (non-hydrogen) atoms. The van der Waals surface area contributed by atoms with E-state index in [4.69, 9.17) is 10.8 Å². The molecule has 1 unspecified atom stereocenters. The van der Waals surface area contributed by atoms with E-state index in [1.54, 1.807) is 7.05 Å². The number of nitrogens with zero attached hydrogens (tertiary/aromatic N) is 1. The average molecular weight is 186 g/mol. The quantitative estimate of drug-likeness (QED) is 0.472. The Kier molecular flexibility index (Phi) is 5.34. The molecule has 0 fully saturated rings. The molecule has 0 rings (SSSR count). The van der Waals surface area contributed by atoms with Gasteiger partial charge in [0.1, 0.15) is 0 Å². The largest absolute Gasteiger partial charge is 0.396 e. The number of carbonyl (C=O) groups excluding carboxylic acids is 1. The predicted octanol–water partition coefficient (Wildman–Crippen LogP) is 0.0782. The molecule has 4 heteroatoms. The lowest BCUT2D eigenvalue weighted by Gasteiger charge is -2.24. The summed E-state index contributed by atoms with van der Waals surface area (Å²) >= 11 is 0. The highest BCUT2D eigenvalue weighted by atomic mass is 16.3. The van der Waals surface area contributed by atoms with Crippen LogP contribution in [-0.4, -0.2) is 35.7 Å². The molecule has 0 aliphatic carbocycles. The number of aliphatic hydroxyl groups excluding tert-OH is 1. The van der Waals surface area contributed by atoms with Crippen LogP contribution in [0.4, 0.5) is 0 Å². The molecule has 0 bridgehead atoms. The lowest BCUT2D eigenvalue weighted by Crippen LogP contribution is -2.44. The Labute approximate surface area is 79.0 Å². The first kappa shape index (κ1) is 12.1. The van der Waals surface area contributed by atoms with Crippen LogP contribution in [0, 0.1) is 0 Å². The van der Waals surface area contributed by atoms with E-state index in [0.29, 0.717) is 18.4 Å². The lowest BCUT2D eigenvalue weighted by atomic mass is 10.2. The van der Waals surface area contributed by atoms with Gasteiger partial charge in [0.2, 0.25) is 5.91 Å². The summed E-state index contributed by atoms with van der Waals surface area (Å²) < 4.78 is 0. The fraction of sp³-hybridized carbons (Fsp3) is 0.667. The molecule has 1 amide bonds. The number of rotatable bonds is 5. The van der Waals surface area contributed by atoms with Gasteiger partial charge in [0.25, 0.3) is 0 Å². The highest BCUT2D eigenvalue weighted by Crippen LogP contribution is 2.04. The number of likely N-dealkylation sites (N-methyl/N-ethyl adjacent to an activating group) is 1. The van der Waals surface area contributed by atoms with Crippen LogP contribution in [0.25, 0.3) is 0 Å². The van der Waals surface area contributed by atoms with E-state index in [2.05, 4.69) is 6.58 Å². The number of aliphatic hydroxyl groups is 1. The van der Waals surface area contributed by atoms with Gasteiger partial charge in [-0.1, -0.05) is 13.5 Å². The fourth-order valence-corrected chi connectivity index (χ4v) is 0.877. The van der Waals surface area contributed by atoms with E-state index in [1.165, 1.54) is 4.90 Å². The van der Waals surface area contributed by atoms with Crippen molar-refractivity contribution in [3.63, 3.8) is 0 Å². The molecule has 0 saturated carbocycles. The Morgan fingerprint density at radius 1 is 1.69 bits per heavy atom. The van der Waals surface area contributed by atoms with Gasteiger partial charge in [-0.2, -0.15) is 0 Å². The highest BCUT2D eigenvalue weighted by Gasteiger charge is 2.16. The zero-order valence-electron chi connectivity index (χ0n) is 8.29. The molecule has 0 aromatic rings. The van der Waals surface area contributed by atoms with Crippen LogP contribution in [-0.2, 0) is 4.79 Å². The molecule has 3 N–H and O–H groups in total. The summed E-state index contributed by atoms with van der Waals surface area (Å²) in [4.78, 5) is 12.9. The zero-order chi connectivity index (χ0) is 10.4. The molecule has 0 aromatic carbocycles. The van der Waals surface area contributed by atoms with E-state index < -0.39 is 6.17 Å². The number of hydrogen-bond donors (Lipinski definition) is 2. The number of carbonyl (C=O) groups is 1. The molecular formula is C9H18N2O2. The van der Waals surface area contributed by atoms with E-state index in [1.807, 2.05) is 6.92 Å². The summed E-state index contributed by atoms with van der Waals surface area (Å²) in [6.07, 6.45) is 0.578. The molecule has 0 aliphatic heterocycles. The van der Waals surface area contributed by atoms with E-state index >= 15 is 0 Å². The third kappa shape index (κ3) is 3.57. The third-order valence-electron chi connectivity index (χ3n) is 1.97. The van der Waals surface area contributed by atoms with Crippen molar-refractivity contribution >= 4 is 5.91 Å². The Bertz CT molecular complexity index is 192. The lowest BCUT2D eigenvalue weighted by molar-refractivity contribution is -0.128. The number of hydrogen-bond acceptors (Lipinski definition) is 3. The Hall–Kier alpha value is -0.870. The maximum absolute atomic E-state index is 11.5. The summed E-state index contributed by atoms with van der Waals surface area (Å²) in [6.45, 7) is 5.48. The first-order chi connectivity index (χ1) is 6.04. The van der Waals surface area contributed by atoms with Gasteiger partial charge in [0.05, 0.1) is 6.17 Å². The van der Waals surface area contributed by atoms with E-state index in [-0.39, 0.29) is 12.5 Å². The van der Waals surface area contributed by atoms with Gasteiger partial charge in [-0.15, -0.1) is 0 Å². The van der Waals surface area contributed by atoms with Gasteiger partial charge in [0.15, 0.2) is 0 Å². The minimum absolute atomic E-state index is 0.0165. The van der Waals surface area contributed by atoms with Gasteiger partial charge in [-0.25, -0.2) is 0 Å². The SMILES string of the molecule is C=C(CC)C(=O)N(C)C(N)CCO. The first-order valence-corrected chi connectivity index (χ1v) is 4.36. The summed E-state index contributed by atoms with van der Waals surface area (Å²) in [5, 5.41) is 8.62. The second-order valence-corrected chi connectivity index (χ2v) is 2.95. The first-order valence-electron chi connectivity index (χ1n) is 4.36. The van der Waals surface area contributed by atoms with Crippen LogP contribution in [0.1, 0.15) is 19.8 Å². The molecule has 0 saturated heterocycles. The monoisotopic (exact) mass is 186 g/mol. The second kappa shape index (κ2) is 5.72. The molecule has 76 valence electrons. The molecule has 4 nitrogen and oxygen atoms in total. The third-order valence-corrected chi connectivity index (χ3v) is 1.97. The smallest absolute Gasteiger partial charge is 0.250 e. The van der Waals surface area contributed by atoms with Crippen molar-refractivity contribution in [3.8, 4) is 0 Å². The summed E-state index contributed by atoms with van der Waals surface area (Å²) in [5.41, 5.74) is 6.16. The van der Waals surface area contributed by atoms with Crippen molar-refractivity contribution in [3.05, 3.63) is 12.2 Å². The van der Waals surface area contributed by atoms with Crippen LogP contribution >= 0.6 is 0 Å². The Morgan fingerprint density at radius 2 is 2.23 bits per heavy atom.